The third-order valence-corrected chi connectivity index (χ3v) is 4.91. The van der Waals surface area contributed by atoms with Gasteiger partial charge in [-0.15, -0.1) is 24.8 Å². The van der Waals surface area contributed by atoms with Gasteiger partial charge in [-0.25, -0.2) is 0 Å². The third kappa shape index (κ3) is 13.4. The maximum absolute atomic E-state index is 3.51. The fourth-order valence-corrected chi connectivity index (χ4v) is 3.60. The highest BCUT2D eigenvalue weighted by atomic mass is 35.5. The number of halogens is 2. The smallest absolute Gasteiger partial charge is 0.0104 e. The second kappa shape index (κ2) is 15.3. The first kappa shape index (κ1) is 20.5. The molecule has 0 bridgehead atoms. The van der Waals surface area contributed by atoms with Gasteiger partial charge in [-0.05, 0) is 44.5 Å². The van der Waals surface area contributed by atoms with E-state index >= 15 is 0 Å². The highest BCUT2D eigenvalue weighted by molar-refractivity contribution is 8.02. The van der Waals surface area contributed by atoms with Gasteiger partial charge in [0, 0.05) is 24.6 Å². The average molecular weight is 321 g/mol. The number of nitrogens with zero attached hydrogens (tertiary/aromatic N) is 1. The Morgan fingerprint density at radius 1 is 0.824 bits per heavy atom. The number of hydrogen-bond donors (Lipinski definition) is 1. The van der Waals surface area contributed by atoms with Gasteiger partial charge < -0.3 is 10.2 Å². The molecule has 106 valence electrons. The SMILES string of the molecule is CN1CCCSCCSCCCNCC1.Cl.Cl. The summed E-state index contributed by atoms with van der Waals surface area (Å²) in [5.41, 5.74) is 0. The van der Waals surface area contributed by atoms with Gasteiger partial charge in [-0.1, -0.05) is 0 Å². The standard InChI is InChI=1S/C11H24N2S2.2ClH/c1-13-6-3-9-15-11-10-14-8-2-4-12-5-7-13;;/h12H,2-11H2,1H3;2*1H. The van der Waals surface area contributed by atoms with Crippen LogP contribution in [0.1, 0.15) is 12.8 Å². The fourth-order valence-electron chi connectivity index (χ4n) is 1.56. The zero-order valence-corrected chi connectivity index (χ0v) is 13.9. The van der Waals surface area contributed by atoms with Crippen molar-refractivity contribution < 1.29 is 0 Å². The van der Waals surface area contributed by atoms with Crippen molar-refractivity contribution in [2.75, 3.05) is 56.2 Å². The van der Waals surface area contributed by atoms with Crippen LogP contribution in [0.5, 0.6) is 0 Å². The van der Waals surface area contributed by atoms with E-state index in [0.29, 0.717) is 0 Å². The molecule has 0 atom stereocenters. The largest absolute Gasteiger partial charge is 0.315 e. The van der Waals surface area contributed by atoms with E-state index in [2.05, 4.69) is 40.8 Å². The van der Waals surface area contributed by atoms with Gasteiger partial charge in [0.15, 0.2) is 0 Å². The predicted octanol–water partition coefficient (Wildman–Crippen LogP) is 2.61. The molecule has 2 nitrogen and oxygen atoms in total. The molecule has 1 saturated heterocycles. The molecule has 0 radical (unpaired) electrons. The Morgan fingerprint density at radius 2 is 1.47 bits per heavy atom. The van der Waals surface area contributed by atoms with Crippen molar-refractivity contribution in [3.63, 3.8) is 0 Å². The quantitative estimate of drug-likeness (QED) is 0.737. The maximum Gasteiger partial charge on any atom is 0.0104 e. The lowest BCUT2D eigenvalue weighted by atomic mass is 10.4. The van der Waals surface area contributed by atoms with Gasteiger partial charge in [-0.2, -0.15) is 23.5 Å². The maximum atomic E-state index is 3.51. The lowest BCUT2D eigenvalue weighted by Crippen LogP contribution is -2.30. The van der Waals surface area contributed by atoms with Crippen LogP contribution >= 0.6 is 48.3 Å². The summed E-state index contributed by atoms with van der Waals surface area (Å²) < 4.78 is 0. The van der Waals surface area contributed by atoms with Crippen LogP contribution in [-0.2, 0) is 0 Å². The molecule has 0 unspecified atom stereocenters. The molecule has 1 heterocycles. The van der Waals surface area contributed by atoms with Crippen LogP contribution in [0.15, 0.2) is 0 Å². The Morgan fingerprint density at radius 3 is 2.18 bits per heavy atom. The zero-order valence-electron chi connectivity index (χ0n) is 10.7. The molecule has 6 heteroatoms. The first-order chi connectivity index (χ1) is 7.39. The van der Waals surface area contributed by atoms with E-state index in [9.17, 15) is 0 Å². The van der Waals surface area contributed by atoms with Crippen molar-refractivity contribution in [1.82, 2.24) is 10.2 Å². The zero-order chi connectivity index (χ0) is 10.8. The van der Waals surface area contributed by atoms with Crippen molar-refractivity contribution in [2.45, 2.75) is 12.8 Å². The molecule has 1 N–H and O–H groups in total. The van der Waals surface area contributed by atoms with Crippen molar-refractivity contribution in [2.24, 2.45) is 0 Å². The Labute approximate surface area is 127 Å². The molecular formula is C11H26Cl2N2S2. The summed E-state index contributed by atoms with van der Waals surface area (Å²) in [6.45, 7) is 4.78. The first-order valence-electron chi connectivity index (χ1n) is 5.94. The lowest BCUT2D eigenvalue weighted by molar-refractivity contribution is 0.333. The number of nitrogens with one attached hydrogen (secondary N) is 1. The number of thioether (sulfide) groups is 2. The molecule has 0 aliphatic carbocycles. The van der Waals surface area contributed by atoms with Crippen molar-refractivity contribution in [1.29, 1.82) is 0 Å². The van der Waals surface area contributed by atoms with E-state index in [1.54, 1.807) is 0 Å². The molecule has 17 heavy (non-hydrogen) atoms. The van der Waals surface area contributed by atoms with Crippen molar-refractivity contribution >= 4 is 48.3 Å². The topological polar surface area (TPSA) is 15.3 Å². The Bertz CT molecular complexity index is 139. The van der Waals surface area contributed by atoms with Crippen LogP contribution in [0, 0.1) is 0 Å². The van der Waals surface area contributed by atoms with Gasteiger partial charge in [0.2, 0.25) is 0 Å². The predicted molar refractivity (Wildman–Crippen MR) is 88.7 cm³/mol. The second-order valence-corrected chi connectivity index (χ2v) is 6.43. The van der Waals surface area contributed by atoms with Crippen molar-refractivity contribution in [3.05, 3.63) is 0 Å². The van der Waals surface area contributed by atoms with E-state index in [-0.39, 0.29) is 24.8 Å². The Balaban J connectivity index is 0. The molecule has 1 fully saturated rings. The number of hydrogen-bond acceptors (Lipinski definition) is 4. The molecule has 0 aromatic rings. The average Bonchev–Trinajstić information content (AvgIpc) is 2.24. The molecule has 0 spiro atoms. The van der Waals surface area contributed by atoms with E-state index in [0.717, 1.165) is 6.54 Å². The molecule has 1 rings (SSSR count). The number of rotatable bonds is 0. The Kier molecular flexibility index (Phi) is 18.4. The monoisotopic (exact) mass is 320 g/mol. The fraction of sp³-hybridized carbons (Fsp3) is 1.00. The van der Waals surface area contributed by atoms with Crippen LogP contribution < -0.4 is 5.32 Å². The first-order valence-corrected chi connectivity index (χ1v) is 8.25. The summed E-state index contributed by atoms with van der Waals surface area (Å²) in [7, 11) is 2.23. The summed E-state index contributed by atoms with van der Waals surface area (Å²) in [6.07, 6.45) is 2.66. The van der Waals surface area contributed by atoms with Crippen LogP contribution in [0.3, 0.4) is 0 Å². The minimum absolute atomic E-state index is 0. The van der Waals surface area contributed by atoms with Crippen molar-refractivity contribution in [3.8, 4) is 0 Å². The summed E-state index contributed by atoms with van der Waals surface area (Å²) in [5.74, 6) is 5.32. The van der Waals surface area contributed by atoms with Crippen LogP contribution in [0.4, 0.5) is 0 Å². The van der Waals surface area contributed by atoms with Crippen LogP contribution in [-0.4, -0.2) is 61.1 Å². The minimum Gasteiger partial charge on any atom is -0.315 e. The van der Waals surface area contributed by atoms with Crippen LogP contribution in [0.2, 0.25) is 0 Å². The summed E-state index contributed by atoms with van der Waals surface area (Å²) >= 11 is 4.23. The summed E-state index contributed by atoms with van der Waals surface area (Å²) in [5, 5.41) is 3.51. The van der Waals surface area contributed by atoms with Gasteiger partial charge in [0.1, 0.15) is 0 Å². The lowest BCUT2D eigenvalue weighted by Gasteiger charge is -2.17. The van der Waals surface area contributed by atoms with Crippen LogP contribution in [0.25, 0.3) is 0 Å². The third-order valence-electron chi connectivity index (χ3n) is 2.51. The molecule has 0 aromatic carbocycles. The van der Waals surface area contributed by atoms with E-state index in [1.165, 1.54) is 55.5 Å². The molecule has 1 aliphatic heterocycles. The summed E-state index contributed by atoms with van der Waals surface area (Å²) in [4.78, 5) is 2.44. The molecule has 1 aliphatic rings. The van der Waals surface area contributed by atoms with E-state index in [1.807, 2.05) is 0 Å². The molecule has 0 amide bonds. The van der Waals surface area contributed by atoms with E-state index in [4.69, 9.17) is 0 Å². The Hall–Kier alpha value is 1.20. The van der Waals surface area contributed by atoms with Gasteiger partial charge >= 0.3 is 0 Å². The molecular weight excluding hydrogens is 295 g/mol. The van der Waals surface area contributed by atoms with Gasteiger partial charge in [-0.3, -0.25) is 0 Å². The second-order valence-electron chi connectivity index (χ2n) is 3.99. The minimum atomic E-state index is 0. The van der Waals surface area contributed by atoms with E-state index < -0.39 is 0 Å². The highest BCUT2D eigenvalue weighted by Gasteiger charge is 1.99. The number of likely N-dealkylation sites (N-methyl/N-ethyl adjacent to an activating group) is 1. The normalized spacial score (nSPS) is 21.7. The summed E-state index contributed by atoms with van der Waals surface area (Å²) in [6, 6.07) is 0. The molecule has 0 saturated carbocycles. The molecule has 0 aromatic heterocycles. The highest BCUT2D eigenvalue weighted by Crippen LogP contribution is 2.09. The van der Waals surface area contributed by atoms with Gasteiger partial charge in [0.05, 0.1) is 0 Å². The van der Waals surface area contributed by atoms with Gasteiger partial charge in [0.25, 0.3) is 0 Å².